The number of hydrogen-bond donors (Lipinski definition) is 3. The fraction of sp³-hybridized carbons (Fsp3) is 0.500. The molecule has 4 N–H and O–H groups in total. The first-order valence-corrected chi connectivity index (χ1v) is 5.54. The first-order chi connectivity index (χ1) is 7.53. The molecule has 0 saturated heterocycles. The van der Waals surface area contributed by atoms with Gasteiger partial charge in [0.15, 0.2) is 11.6 Å². The van der Waals surface area contributed by atoms with Gasteiger partial charge in [-0.1, -0.05) is 19.3 Å². The lowest BCUT2D eigenvalue weighted by atomic mass is 9.77. The van der Waals surface area contributed by atoms with Crippen molar-refractivity contribution in [1.82, 2.24) is 0 Å². The molecule has 0 atom stereocenters. The zero-order valence-electron chi connectivity index (χ0n) is 9.04. The Balaban J connectivity index is 2.42. The number of benzene rings is 1. The van der Waals surface area contributed by atoms with Gasteiger partial charge >= 0.3 is 0 Å². The first-order valence-electron chi connectivity index (χ1n) is 5.54. The van der Waals surface area contributed by atoms with Crippen LogP contribution in [0.1, 0.15) is 37.7 Å². The molecule has 0 heterocycles. The number of rotatable bonds is 1. The normalized spacial score (nSPS) is 19.6. The van der Waals surface area contributed by atoms with Gasteiger partial charge in [0.05, 0.1) is 0 Å². The lowest BCUT2D eigenvalue weighted by molar-refractivity contribution is 0.289. The average Bonchev–Trinajstić information content (AvgIpc) is 2.24. The molecule has 1 aromatic carbocycles. The molecule has 1 fully saturated rings. The van der Waals surface area contributed by atoms with Crippen LogP contribution in [0.5, 0.6) is 11.5 Å². The highest BCUT2D eigenvalue weighted by atomic mass is 19.1. The smallest absolute Gasteiger partial charge is 0.168 e. The predicted molar refractivity (Wildman–Crippen MR) is 58.7 cm³/mol. The molecule has 0 unspecified atom stereocenters. The van der Waals surface area contributed by atoms with Crippen molar-refractivity contribution in [2.24, 2.45) is 5.73 Å². The van der Waals surface area contributed by atoms with E-state index in [0.717, 1.165) is 38.2 Å². The van der Waals surface area contributed by atoms with Crippen LogP contribution in [0.2, 0.25) is 0 Å². The monoisotopic (exact) mass is 225 g/mol. The summed E-state index contributed by atoms with van der Waals surface area (Å²) in [5.41, 5.74) is 6.03. The minimum atomic E-state index is -0.819. The molecular formula is C12H16FNO2. The number of nitrogens with two attached hydrogens (primary N) is 1. The van der Waals surface area contributed by atoms with E-state index in [1.54, 1.807) is 0 Å². The summed E-state index contributed by atoms with van der Waals surface area (Å²) < 4.78 is 13.0. The second-order valence-electron chi connectivity index (χ2n) is 4.54. The summed E-state index contributed by atoms with van der Waals surface area (Å²) in [6.07, 6.45) is 4.63. The molecule has 2 rings (SSSR count). The minimum Gasteiger partial charge on any atom is -0.507 e. The largest absolute Gasteiger partial charge is 0.507 e. The van der Waals surface area contributed by atoms with Gasteiger partial charge in [0.25, 0.3) is 0 Å². The Hall–Kier alpha value is -1.29. The van der Waals surface area contributed by atoms with E-state index in [9.17, 15) is 14.6 Å². The number of hydrogen-bond acceptors (Lipinski definition) is 3. The first kappa shape index (κ1) is 11.2. The minimum absolute atomic E-state index is 0.167. The summed E-state index contributed by atoms with van der Waals surface area (Å²) >= 11 is 0. The van der Waals surface area contributed by atoms with Crippen molar-refractivity contribution in [3.8, 4) is 11.5 Å². The molecule has 0 spiro atoms. The van der Waals surface area contributed by atoms with Crippen LogP contribution in [0.15, 0.2) is 12.1 Å². The highest BCUT2D eigenvalue weighted by Crippen LogP contribution is 2.40. The van der Waals surface area contributed by atoms with Crippen LogP contribution in [-0.4, -0.2) is 10.2 Å². The van der Waals surface area contributed by atoms with Gasteiger partial charge in [-0.05, 0) is 18.9 Å². The molecule has 0 aliphatic heterocycles. The van der Waals surface area contributed by atoms with E-state index in [0.29, 0.717) is 5.56 Å². The Morgan fingerprint density at radius 1 is 1.06 bits per heavy atom. The number of phenols is 2. The summed E-state index contributed by atoms with van der Waals surface area (Å²) in [5.74, 6) is -1.44. The van der Waals surface area contributed by atoms with Crippen LogP contribution in [0, 0.1) is 5.82 Å². The molecule has 88 valence electrons. The SMILES string of the molecule is NC1(c2cc(O)c(F)cc2O)CCCCC1. The van der Waals surface area contributed by atoms with Crippen molar-refractivity contribution in [2.45, 2.75) is 37.6 Å². The summed E-state index contributed by atoms with van der Waals surface area (Å²) in [4.78, 5) is 0. The van der Waals surface area contributed by atoms with Crippen molar-refractivity contribution in [2.75, 3.05) is 0 Å². The van der Waals surface area contributed by atoms with Gasteiger partial charge in [0, 0.05) is 17.2 Å². The molecule has 3 nitrogen and oxygen atoms in total. The Labute approximate surface area is 93.7 Å². The topological polar surface area (TPSA) is 66.5 Å². The van der Waals surface area contributed by atoms with Crippen molar-refractivity contribution in [1.29, 1.82) is 0 Å². The fourth-order valence-electron chi connectivity index (χ4n) is 2.40. The lowest BCUT2D eigenvalue weighted by Crippen LogP contribution is -2.38. The maximum Gasteiger partial charge on any atom is 0.168 e. The third-order valence-electron chi connectivity index (χ3n) is 3.35. The van der Waals surface area contributed by atoms with Gasteiger partial charge in [-0.25, -0.2) is 4.39 Å². The second kappa shape index (κ2) is 3.94. The van der Waals surface area contributed by atoms with Crippen LogP contribution in [0.25, 0.3) is 0 Å². The van der Waals surface area contributed by atoms with Gasteiger partial charge in [0.2, 0.25) is 0 Å². The van der Waals surface area contributed by atoms with E-state index in [2.05, 4.69) is 0 Å². The number of aromatic hydroxyl groups is 2. The van der Waals surface area contributed by atoms with Gasteiger partial charge in [-0.3, -0.25) is 0 Å². The third-order valence-corrected chi connectivity index (χ3v) is 3.35. The third kappa shape index (κ3) is 1.85. The quantitative estimate of drug-likeness (QED) is 0.643. The van der Waals surface area contributed by atoms with Crippen LogP contribution in [0.4, 0.5) is 4.39 Å². The second-order valence-corrected chi connectivity index (χ2v) is 4.54. The fourth-order valence-corrected chi connectivity index (χ4v) is 2.40. The summed E-state index contributed by atoms with van der Waals surface area (Å²) in [7, 11) is 0. The molecule has 0 aromatic heterocycles. The molecule has 4 heteroatoms. The van der Waals surface area contributed by atoms with E-state index in [1.807, 2.05) is 0 Å². The highest BCUT2D eigenvalue weighted by molar-refractivity contribution is 5.44. The van der Waals surface area contributed by atoms with Crippen LogP contribution < -0.4 is 5.73 Å². The molecule has 0 radical (unpaired) electrons. The average molecular weight is 225 g/mol. The molecular weight excluding hydrogens is 209 g/mol. The standard InChI is InChI=1S/C12H16FNO2/c13-9-7-10(15)8(6-11(9)16)12(14)4-2-1-3-5-12/h6-7,15-16H,1-5,14H2. The van der Waals surface area contributed by atoms with Crippen molar-refractivity contribution < 1.29 is 14.6 Å². The molecule has 1 aliphatic rings. The van der Waals surface area contributed by atoms with Gasteiger partial charge in [0.1, 0.15) is 5.75 Å². The van der Waals surface area contributed by atoms with Crippen molar-refractivity contribution >= 4 is 0 Å². The Morgan fingerprint density at radius 3 is 2.31 bits per heavy atom. The zero-order valence-corrected chi connectivity index (χ0v) is 9.04. The molecule has 1 aromatic rings. The van der Waals surface area contributed by atoms with Crippen molar-refractivity contribution in [3.05, 3.63) is 23.5 Å². The zero-order chi connectivity index (χ0) is 11.8. The predicted octanol–water partition coefficient (Wildman–Crippen LogP) is 2.36. The Bertz CT molecular complexity index is 400. The van der Waals surface area contributed by atoms with Gasteiger partial charge in [-0.15, -0.1) is 0 Å². The number of phenolic OH excluding ortho intramolecular Hbond substituents is 2. The van der Waals surface area contributed by atoms with Crippen molar-refractivity contribution in [3.63, 3.8) is 0 Å². The van der Waals surface area contributed by atoms with Gasteiger partial charge < -0.3 is 15.9 Å². The van der Waals surface area contributed by atoms with E-state index in [-0.39, 0.29) is 5.75 Å². The number of halogens is 1. The van der Waals surface area contributed by atoms with E-state index < -0.39 is 17.1 Å². The Morgan fingerprint density at radius 2 is 1.69 bits per heavy atom. The summed E-state index contributed by atoms with van der Waals surface area (Å²) in [6.45, 7) is 0. The molecule has 0 amide bonds. The van der Waals surface area contributed by atoms with Crippen LogP contribution in [0.3, 0.4) is 0 Å². The van der Waals surface area contributed by atoms with Crippen LogP contribution >= 0.6 is 0 Å². The van der Waals surface area contributed by atoms with E-state index in [4.69, 9.17) is 5.73 Å². The molecule has 1 saturated carbocycles. The lowest BCUT2D eigenvalue weighted by Gasteiger charge is -2.34. The van der Waals surface area contributed by atoms with Crippen LogP contribution in [-0.2, 0) is 5.54 Å². The maximum absolute atomic E-state index is 13.0. The van der Waals surface area contributed by atoms with Gasteiger partial charge in [-0.2, -0.15) is 0 Å². The summed E-state index contributed by atoms with van der Waals surface area (Å²) in [6, 6.07) is 2.17. The molecule has 0 bridgehead atoms. The molecule has 16 heavy (non-hydrogen) atoms. The molecule has 1 aliphatic carbocycles. The van der Waals surface area contributed by atoms with E-state index >= 15 is 0 Å². The maximum atomic E-state index is 13.0. The highest BCUT2D eigenvalue weighted by Gasteiger charge is 2.32. The van der Waals surface area contributed by atoms with E-state index in [1.165, 1.54) is 6.07 Å². The summed E-state index contributed by atoms with van der Waals surface area (Å²) in [5, 5.41) is 19.0. The Kier molecular flexibility index (Phi) is 2.76.